The number of ether oxygens (including phenoxy) is 1. The van der Waals surface area contributed by atoms with E-state index in [2.05, 4.69) is 4.74 Å². The van der Waals surface area contributed by atoms with Crippen molar-refractivity contribution >= 4 is 11.8 Å². The van der Waals surface area contributed by atoms with Crippen molar-refractivity contribution in [3.8, 4) is 0 Å². The van der Waals surface area contributed by atoms with E-state index in [0.717, 1.165) is 12.8 Å². The van der Waals surface area contributed by atoms with E-state index < -0.39 is 23.6 Å². The van der Waals surface area contributed by atoms with Gasteiger partial charge in [0, 0.05) is 12.3 Å². The molecule has 2 rings (SSSR count). The molecule has 2 aliphatic rings. The van der Waals surface area contributed by atoms with E-state index >= 15 is 0 Å². The monoisotopic (exact) mass is 284 g/mol. The Morgan fingerprint density at radius 2 is 2.05 bits per heavy atom. The van der Waals surface area contributed by atoms with Gasteiger partial charge in [0.1, 0.15) is 5.78 Å². The van der Waals surface area contributed by atoms with Crippen LogP contribution in [0, 0.1) is 17.3 Å². The number of carbonyl (C=O) groups is 2. The standard InChI is InChI=1S/C15H24O5/c1-14-5-4-6-15(2,19)13(14)12(18)9(10(16)8-14)7-11(17)20-3/h9,12-13,18-19H,4-8H2,1-3H3/t9?,12-,13+,14+,15-/m0/s1. The van der Waals surface area contributed by atoms with Crippen molar-refractivity contribution in [2.45, 2.75) is 57.7 Å². The van der Waals surface area contributed by atoms with Crippen LogP contribution in [0.15, 0.2) is 0 Å². The molecule has 20 heavy (non-hydrogen) atoms. The van der Waals surface area contributed by atoms with Crippen LogP contribution in [0.4, 0.5) is 0 Å². The van der Waals surface area contributed by atoms with Gasteiger partial charge >= 0.3 is 5.97 Å². The minimum Gasteiger partial charge on any atom is -0.469 e. The maximum atomic E-state index is 12.3. The Kier molecular flexibility index (Phi) is 3.95. The van der Waals surface area contributed by atoms with Crippen LogP contribution in [-0.4, -0.2) is 40.8 Å². The first-order valence-electron chi connectivity index (χ1n) is 7.21. The molecule has 0 heterocycles. The first-order chi connectivity index (χ1) is 9.21. The van der Waals surface area contributed by atoms with Gasteiger partial charge in [0.25, 0.3) is 0 Å². The average Bonchev–Trinajstić information content (AvgIpc) is 2.32. The lowest BCUT2D eigenvalue weighted by Crippen LogP contribution is -2.60. The van der Waals surface area contributed by atoms with Gasteiger partial charge in [-0.2, -0.15) is 0 Å². The van der Waals surface area contributed by atoms with Gasteiger partial charge in [-0.1, -0.05) is 13.3 Å². The van der Waals surface area contributed by atoms with Crippen LogP contribution in [0.2, 0.25) is 0 Å². The summed E-state index contributed by atoms with van der Waals surface area (Å²) in [5.41, 5.74) is -1.38. The quantitative estimate of drug-likeness (QED) is 0.741. The summed E-state index contributed by atoms with van der Waals surface area (Å²) < 4.78 is 4.60. The zero-order valence-electron chi connectivity index (χ0n) is 12.4. The van der Waals surface area contributed by atoms with Crippen LogP contribution in [0.5, 0.6) is 0 Å². The van der Waals surface area contributed by atoms with Crippen molar-refractivity contribution < 1.29 is 24.5 Å². The Hall–Kier alpha value is -0.940. The molecule has 0 aromatic carbocycles. The van der Waals surface area contributed by atoms with Gasteiger partial charge in [-0.3, -0.25) is 9.59 Å². The molecule has 5 atom stereocenters. The van der Waals surface area contributed by atoms with Crippen molar-refractivity contribution in [2.75, 3.05) is 7.11 Å². The molecule has 5 heteroatoms. The third kappa shape index (κ3) is 2.49. The molecule has 114 valence electrons. The van der Waals surface area contributed by atoms with Gasteiger partial charge in [-0.15, -0.1) is 0 Å². The second-order valence-corrected chi connectivity index (χ2v) is 6.86. The predicted molar refractivity (Wildman–Crippen MR) is 71.8 cm³/mol. The Labute approximate surface area is 119 Å². The first-order valence-corrected chi connectivity index (χ1v) is 7.21. The van der Waals surface area contributed by atoms with Crippen molar-refractivity contribution in [3.05, 3.63) is 0 Å². The number of rotatable bonds is 2. The minimum atomic E-state index is -0.999. The average molecular weight is 284 g/mol. The van der Waals surface area contributed by atoms with Gasteiger partial charge in [0.05, 0.1) is 31.2 Å². The number of Topliss-reactive ketones (excluding diaryl/α,β-unsaturated/α-hetero) is 1. The summed E-state index contributed by atoms with van der Waals surface area (Å²) in [7, 11) is 1.27. The fourth-order valence-corrected chi connectivity index (χ4v) is 4.34. The largest absolute Gasteiger partial charge is 0.469 e. The number of methoxy groups -OCH3 is 1. The number of ketones is 1. The molecule has 0 aromatic rings. The lowest BCUT2D eigenvalue weighted by atomic mass is 9.52. The highest BCUT2D eigenvalue weighted by Crippen LogP contribution is 2.54. The molecule has 0 aliphatic heterocycles. The summed E-state index contributed by atoms with van der Waals surface area (Å²) >= 11 is 0. The van der Waals surface area contributed by atoms with Crippen LogP contribution in [0.3, 0.4) is 0 Å². The zero-order chi connectivity index (χ0) is 15.1. The highest BCUT2D eigenvalue weighted by molar-refractivity contribution is 5.87. The number of carbonyl (C=O) groups excluding carboxylic acids is 2. The maximum absolute atomic E-state index is 12.3. The molecule has 0 radical (unpaired) electrons. The maximum Gasteiger partial charge on any atom is 0.306 e. The summed E-state index contributed by atoms with van der Waals surface area (Å²) in [6.45, 7) is 3.68. The van der Waals surface area contributed by atoms with E-state index in [1.165, 1.54) is 7.11 Å². The van der Waals surface area contributed by atoms with E-state index in [1.807, 2.05) is 6.92 Å². The molecule has 2 fully saturated rings. The Morgan fingerprint density at radius 1 is 1.40 bits per heavy atom. The molecule has 0 bridgehead atoms. The number of aliphatic hydroxyl groups excluding tert-OH is 1. The second kappa shape index (κ2) is 5.11. The molecule has 1 unspecified atom stereocenters. The van der Waals surface area contributed by atoms with Gasteiger partial charge in [0.15, 0.2) is 0 Å². The fourth-order valence-electron chi connectivity index (χ4n) is 4.34. The number of hydrogen-bond donors (Lipinski definition) is 2. The summed E-state index contributed by atoms with van der Waals surface area (Å²) in [5.74, 6) is -1.73. The molecule has 2 saturated carbocycles. The van der Waals surface area contributed by atoms with Crippen LogP contribution >= 0.6 is 0 Å². The summed E-state index contributed by atoms with van der Waals surface area (Å²) in [6, 6.07) is 0. The predicted octanol–water partition coefficient (Wildman–Crippen LogP) is 1.06. The highest BCUT2D eigenvalue weighted by atomic mass is 16.5. The smallest absolute Gasteiger partial charge is 0.306 e. The molecule has 0 aromatic heterocycles. The van der Waals surface area contributed by atoms with Crippen molar-refractivity contribution in [3.63, 3.8) is 0 Å². The molecular weight excluding hydrogens is 260 g/mol. The third-order valence-corrected chi connectivity index (χ3v) is 5.21. The van der Waals surface area contributed by atoms with Gasteiger partial charge in [0.2, 0.25) is 0 Å². The van der Waals surface area contributed by atoms with E-state index in [0.29, 0.717) is 12.8 Å². The van der Waals surface area contributed by atoms with E-state index in [4.69, 9.17) is 0 Å². The number of fused-ring (bicyclic) bond motifs is 1. The third-order valence-electron chi connectivity index (χ3n) is 5.21. The highest BCUT2D eigenvalue weighted by Gasteiger charge is 2.58. The van der Waals surface area contributed by atoms with Crippen LogP contribution in [0.25, 0.3) is 0 Å². The molecule has 0 spiro atoms. The Morgan fingerprint density at radius 3 is 2.65 bits per heavy atom. The van der Waals surface area contributed by atoms with Crippen LogP contribution < -0.4 is 0 Å². The van der Waals surface area contributed by atoms with E-state index in [1.54, 1.807) is 6.92 Å². The number of hydrogen-bond acceptors (Lipinski definition) is 5. The van der Waals surface area contributed by atoms with Gasteiger partial charge in [-0.25, -0.2) is 0 Å². The van der Waals surface area contributed by atoms with Crippen LogP contribution in [0.1, 0.15) is 46.0 Å². The van der Waals surface area contributed by atoms with Crippen molar-refractivity contribution in [1.29, 1.82) is 0 Å². The Bertz CT molecular complexity index is 416. The molecule has 0 saturated heterocycles. The van der Waals surface area contributed by atoms with Gasteiger partial charge in [-0.05, 0) is 25.2 Å². The van der Waals surface area contributed by atoms with Crippen molar-refractivity contribution in [2.24, 2.45) is 17.3 Å². The molecule has 0 amide bonds. The second-order valence-electron chi connectivity index (χ2n) is 6.86. The normalized spacial score (nSPS) is 44.9. The SMILES string of the molecule is COC(=O)CC1C(=O)C[C@@]2(C)CCC[C@](C)(O)[C@@H]2[C@H]1O. The van der Waals surface area contributed by atoms with E-state index in [-0.39, 0.29) is 23.5 Å². The van der Waals surface area contributed by atoms with Crippen LogP contribution in [-0.2, 0) is 14.3 Å². The molecule has 2 aliphatic carbocycles. The zero-order valence-corrected chi connectivity index (χ0v) is 12.4. The topological polar surface area (TPSA) is 83.8 Å². The number of aliphatic hydroxyl groups is 2. The van der Waals surface area contributed by atoms with Gasteiger partial charge < -0.3 is 14.9 Å². The lowest BCUT2D eigenvalue weighted by molar-refractivity contribution is -0.186. The fraction of sp³-hybridized carbons (Fsp3) is 0.867. The molecule has 2 N–H and O–H groups in total. The Balaban J connectivity index is 2.29. The lowest BCUT2D eigenvalue weighted by Gasteiger charge is -2.55. The summed E-state index contributed by atoms with van der Waals surface area (Å²) in [5, 5.41) is 21.2. The molecular formula is C15H24O5. The van der Waals surface area contributed by atoms with Crippen molar-refractivity contribution in [1.82, 2.24) is 0 Å². The van der Waals surface area contributed by atoms with E-state index in [9.17, 15) is 19.8 Å². The summed E-state index contributed by atoms with van der Waals surface area (Å²) in [6.07, 6.45) is 1.49. The molecule has 5 nitrogen and oxygen atoms in total. The first kappa shape index (κ1) is 15.4. The number of esters is 1. The summed E-state index contributed by atoms with van der Waals surface area (Å²) in [4.78, 5) is 23.7. The minimum absolute atomic E-state index is 0.0978.